The maximum absolute atomic E-state index is 14.6. The molecule has 4 rings (SSSR count). The second kappa shape index (κ2) is 15.8. The number of anilines is 1. The number of rotatable bonds is 13. The molecule has 11 heteroatoms. The first-order chi connectivity index (χ1) is 22.3. The summed E-state index contributed by atoms with van der Waals surface area (Å²) < 4.78 is 35.8. The second-order valence-electron chi connectivity index (χ2n) is 12.0. The molecule has 0 aromatic heterocycles. The number of carbonyl (C=O) groups is 2. The molecule has 4 aromatic carbocycles. The maximum atomic E-state index is 14.6. The van der Waals surface area contributed by atoms with Crippen molar-refractivity contribution in [1.29, 1.82) is 0 Å². The lowest BCUT2D eigenvalue weighted by atomic mass is 10.0. The first kappa shape index (κ1) is 36.0. The van der Waals surface area contributed by atoms with Crippen LogP contribution in [0.5, 0.6) is 5.75 Å². The highest BCUT2D eigenvalue weighted by Gasteiger charge is 2.35. The van der Waals surface area contributed by atoms with Crippen LogP contribution in [0.15, 0.2) is 112 Å². The number of ether oxygens (including phenoxy) is 1. The fraction of sp³-hybridized carbons (Fsp3) is 0.278. The average molecular weight is 741 g/mol. The summed E-state index contributed by atoms with van der Waals surface area (Å²) in [5.74, 6) is -0.344. The van der Waals surface area contributed by atoms with Crippen molar-refractivity contribution >= 4 is 55.1 Å². The average Bonchev–Trinajstić information content (AvgIpc) is 3.02. The molecule has 0 aliphatic heterocycles. The van der Waals surface area contributed by atoms with Gasteiger partial charge in [0.05, 0.1) is 17.2 Å². The molecule has 2 amide bonds. The van der Waals surface area contributed by atoms with Crippen LogP contribution < -0.4 is 14.4 Å². The molecule has 1 N–H and O–H groups in total. The molecule has 248 valence electrons. The van der Waals surface area contributed by atoms with E-state index in [4.69, 9.17) is 16.3 Å². The van der Waals surface area contributed by atoms with Crippen LogP contribution in [0.3, 0.4) is 0 Å². The van der Waals surface area contributed by atoms with Gasteiger partial charge in [0, 0.05) is 28.0 Å². The molecule has 0 aliphatic carbocycles. The Morgan fingerprint density at radius 1 is 0.894 bits per heavy atom. The molecular formula is C36H39BrClN3O5S. The van der Waals surface area contributed by atoms with Gasteiger partial charge in [0.2, 0.25) is 11.8 Å². The first-order valence-electron chi connectivity index (χ1n) is 15.2. The van der Waals surface area contributed by atoms with Gasteiger partial charge >= 0.3 is 0 Å². The molecule has 0 heterocycles. The van der Waals surface area contributed by atoms with Gasteiger partial charge in [-0.25, -0.2) is 8.42 Å². The molecule has 0 bridgehead atoms. The van der Waals surface area contributed by atoms with E-state index < -0.39 is 34.1 Å². The van der Waals surface area contributed by atoms with Gasteiger partial charge in [-0.05, 0) is 99.5 Å². The number of halogens is 2. The Balaban J connectivity index is 1.82. The van der Waals surface area contributed by atoms with E-state index in [9.17, 15) is 18.0 Å². The molecule has 0 aliphatic rings. The fourth-order valence-electron chi connectivity index (χ4n) is 4.98. The lowest BCUT2D eigenvalue weighted by molar-refractivity contribution is -0.140. The third kappa shape index (κ3) is 10.1. The fourth-order valence-corrected chi connectivity index (χ4v) is 6.96. The van der Waals surface area contributed by atoms with Crippen molar-refractivity contribution in [3.8, 4) is 5.75 Å². The van der Waals surface area contributed by atoms with Crippen LogP contribution in [0.4, 0.5) is 5.69 Å². The minimum atomic E-state index is -4.26. The summed E-state index contributed by atoms with van der Waals surface area (Å²) in [6, 6.07) is 28.2. The third-order valence-electron chi connectivity index (χ3n) is 7.13. The lowest BCUT2D eigenvalue weighted by Crippen LogP contribution is -2.56. The Kier molecular flexibility index (Phi) is 12.1. The molecule has 0 fully saturated rings. The quantitative estimate of drug-likeness (QED) is 0.156. The van der Waals surface area contributed by atoms with Crippen LogP contribution in [-0.4, -0.2) is 49.9 Å². The third-order valence-corrected chi connectivity index (χ3v) is 9.66. The first-order valence-corrected chi connectivity index (χ1v) is 17.8. The van der Waals surface area contributed by atoms with Crippen molar-refractivity contribution in [1.82, 2.24) is 10.2 Å². The van der Waals surface area contributed by atoms with E-state index in [1.54, 1.807) is 24.3 Å². The number of hydrogen-bond donors (Lipinski definition) is 1. The minimum absolute atomic E-state index is 0.0339. The van der Waals surface area contributed by atoms with E-state index in [-0.39, 0.29) is 29.5 Å². The zero-order chi connectivity index (χ0) is 34.2. The van der Waals surface area contributed by atoms with Gasteiger partial charge in [0.25, 0.3) is 10.0 Å². The van der Waals surface area contributed by atoms with Gasteiger partial charge in [-0.2, -0.15) is 0 Å². The number of hydrogen-bond acceptors (Lipinski definition) is 5. The van der Waals surface area contributed by atoms with Crippen LogP contribution in [0.25, 0.3) is 0 Å². The number of nitrogens with zero attached hydrogens (tertiary/aromatic N) is 2. The number of amides is 2. The van der Waals surface area contributed by atoms with Crippen molar-refractivity contribution in [3.05, 3.63) is 124 Å². The predicted molar refractivity (Wildman–Crippen MR) is 190 cm³/mol. The summed E-state index contributed by atoms with van der Waals surface area (Å²) >= 11 is 9.58. The van der Waals surface area contributed by atoms with Gasteiger partial charge in [-0.1, -0.05) is 70.0 Å². The van der Waals surface area contributed by atoms with Crippen LogP contribution in [-0.2, 0) is 32.6 Å². The monoisotopic (exact) mass is 739 g/mol. The minimum Gasteiger partial charge on any atom is -0.494 e. The standard InChI is InChI=1S/C36H39BrClN3O5S/c1-5-46-31-18-16-30(17-19-31)41(47(44,45)32-20-14-29(38)15-21-32)25-34(42)40(24-27-12-9-13-28(37)22-27)33(35(43)39-36(2,3)4)23-26-10-7-6-8-11-26/h6-22,33H,5,23-25H2,1-4H3,(H,39,43). The van der Waals surface area contributed by atoms with E-state index in [1.165, 1.54) is 29.2 Å². The Morgan fingerprint density at radius 3 is 2.13 bits per heavy atom. The topological polar surface area (TPSA) is 96.0 Å². The zero-order valence-corrected chi connectivity index (χ0v) is 30.0. The molecular weight excluding hydrogens is 702 g/mol. The summed E-state index contributed by atoms with van der Waals surface area (Å²) in [5.41, 5.74) is 1.30. The second-order valence-corrected chi connectivity index (χ2v) is 15.2. The molecule has 1 atom stereocenters. The summed E-state index contributed by atoms with van der Waals surface area (Å²) in [5, 5.41) is 3.41. The Hall–Kier alpha value is -3.86. The Morgan fingerprint density at radius 2 is 1.53 bits per heavy atom. The van der Waals surface area contributed by atoms with Crippen molar-refractivity contribution in [2.45, 2.75) is 57.1 Å². The van der Waals surface area contributed by atoms with Crippen LogP contribution in [0.2, 0.25) is 5.02 Å². The normalized spacial score (nSPS) is 12.2. The largest absolute Gasteiger partial charge is 0.494 e. The summed E-state index contributed by atoms with van der Waals surface area (Å²) in [6.45, 7) is 7.40. The molecule has 0 saturated carbocycles. The van der Waals surface area contributed by atoms with E-state index in [1.807, 2.05) is 82.3 Å². The van der Waals surface area contributed by atoms with Gasteiger partial charge in [0.1, 0.15) is 18.3 Å². The van der Waals surface area contributed by atoms with Crippen molar-refractivity contribution < 1.29 is 22.7 Å². The summed E-state index contributed by atoms with van der Waals surface area (Å²) in [6.07, 6.45) is 0.218. The molecule has 4 aromatic rings. The Bertz CT molecular complexity index is 1760. The smallest absolute Gasteiger partial charge is 0.264 e. The van der Waals surface area contributed by atoms with Gasteiger partial charge in [0.15, 0.2) is 0 Å². The van der Waals surface area contributed by atoms with E-state index in [2.05, 4.69) is 21.2 Å². The molecule has 1 unspecified atom stereocenters. The SMILES string of the molecule is CCOc1ccc(N(CC(=O)N(Cc2cccc(Br)c2)C(Cc2ccccc2)C(=O)NC(C)(C)C)S(=O)(=O)c2ccc(Cl)cc2)cc1. The summed E-state index contributed by atoms with van der Waals surface area (Å²) in [7, 11) is -4.26. The van der Waals surface area contributed by atoms with Crippen LogP contribution in [0.1, 0.15) is 38.8 Å². The molecule has 0 spiro atoms. The molecule has 0 radical (unpaired) electrons. The molecule has 8 nitrogen and oxygen atoms in total. The van der Waals surface area contributed by atoms with E-state index >= 15 is 0 Å². The van der Waals surface area contributed by atoms with Crippen LogP contribution in [0, 0.1) is 0 Å². The highest BCUT2D eigenvalue weighted by atomic mass is 79.9. The number of sulfonamides is 1. The number of carbonyl (C=O) groups excluding carboxylic acids is 2. The highest BCUT2D eigenvalue weighted by Crippen LogP contribution is 2.28. The summed E-state index contributed by atoms with van der Waals surface area (Å²) in [4.78, 5) is 30.0. The molecule has 0 saturated heterocycles. The zero-order valence-electron chi connectivity index (χ0n) is 26.8. The van der Waals surface area contributed by atoms with Crippen LogP contribution >= 0.6 is 27.5 Å². The molecule has 47 heavy (non-hydrogen) atoms. The van der Waals surface area contributed by atoms with Gasteiger partial charge in [-0.3, -0.25) is 13.9 Å². The van der Waals surface area contributed by atoms with Gasteiger partial charge < -0.3 is 15.0 Å². The van der Waals surface area contributed by atoms with E-state index in [0.717, 1.165) is 19.9 Å². The van der Waals surface area contributed by atoms with Crippen molar-refractivity contribution in [2.75, 3.05) is 17.5 Å². The Labute approximate surface area is 290 Å². The van der Waals surface area contributed by atoms with Crippen molar-refractivity contribution in [3.63, 3.8) is 0 Å². The number of benzene rings is 4. The van der Waals surface area contributed by atoms with Gasteiger partial charge in [-0.15, -0.1) is 0 Å². The lowest BCUT2D eigenvalue weighted by Gasteiger charge is -2.35. The predicted octanol–water partition coefficient (Wildman–Crippen LogP) is 7.25. The number of nitrogens with one attached hydrogen (secondary N) is 1. The van der Waals surface area contributed by atoms with Crippen molar-refractivity contribution in [2.24, 2.45) is 0 Å². The van der Waals surface area contributed by atoms with E-state index in [0.29, 0.717) is 17.4 Å². The maximum Gasteiger partial charge on any atom is 0.264 e. The highest BCUT2D eigenvalue weighted by molar-refractivity contribution is 9.10.